The zero-order valence-corrected chi connectivity index (χ0v) is 11.9. The van der Waals surface area contributed by atoms with Crippen LogP contribution in [0.15, 0.2) is 0 Å². The first kappa shape index (κ1) is 14.4. The first-order valence-electron chi connectivity index (χ1n) is 5.49. The van der Waals surface area contributed by atoms with Crippen LogP contribution in [0.3, 0.4) is 0 Å². The quantitative estimate of drug-likeness (QED) is 0.802. The minimum absolute atomic E-state index is 0.0311. The highest BCUT2D eigenvalue weighted by Gasteiger charge is 2.35. The molecule has 0 aliphatic carbocycles. The first-order chi connectivity index (χ1) is 7.83. The summed E-state index contributed by atoms with van der Waals surface area (Å²) in [5.74, 6) is -0.259. The Kier molecular flexibility index (Phi) is 4.94. The molecular weight excluding hydrogens is 290 g/mol. The van der Waals surface area contributed by atoms with Gasteiger partial charge in [-0.2, -0.15) is 0 Å². The summed E-state index contributed by atoms with van der Waals surface area (Å²) in [5, 5.41) is 2.94. The average Bonchev–Trinajstić information content (AvgIpc) is 2.61. The highest BCUT2D eigenvalue weighted by Crippen LogP contribution is 2.17. The van der Waals surface area contributed by atoms with Gasteiger partial charge in [0.05, 0.1) is 30.5 Å². The number of nitrogens with one attached hydrogen (secondary N) is 1. The van der Waals surface area contributed by atoms with Gasteiger partial charge < -0.3 is 14.8 Å². The van der Waals surface area contributed by atoms with Crippen LogP contribution in [-0.4, -0.2) is 42.1 Å². The number of carbonyl (C=O) groups excluding carboxylic acids is 2. The zero-order chi connectivity index (χ0) is 13.1. The standard InChI is InChI=1S/C11H18BrNO4/c1-11(2,3)17-10(15)13-8-6-16-5-7(8)9(14)4-12/h7-8H,4-6H2,1-3H3,(H,13,15). The molecule has 5 nitrogen and oxygen atoms in total. The van der Waals surface area contributed by atoms with E-state index in [-0.39, 0.29) is 23.1 Å². The Balaban J connectivity index is 2.50. The molecule has 0 aromatic rings. The van der Waals surface area contributed by atoms with Crippen LogP contribution in [0.1, 0.15) is 20.8 Å². The van der Waals surface area contributed by atoms with E-state index in [0.29, 0.717) is 13.2 Å². The predicted molar refractivity (Wildman–Crippen MR) is 66.3 cm³/mol. The summed E-state index contributed by atoms with van der Waals surface area (Å²) in [6, 6.07) is -0.296. The largest absolute Gasteiger partial charge is 0.444 e. The molecule has 2 unspecified atom stereocenters. The fourth-order valence-corrected chi connectivity index (χ4v) is 1.99. The third kappa shape index (κ3) is 4.63. The number of ketones is 1. The Hall–Kier alpha value is -0.620. The van der Waals surface area contributed by atoms with Crippen LogP contribution in [0, 0.1) is 5.92 Å². The van der Waals surface area contributed by atoms with Gasteiger partial charge in [0.25, 0.3) is 0 Å². The summed E-state index contributed by atoms with van der Waals surface area (Å²) in [5.41, 5.74) is -0.543. The second-order valence-corrected chi connectivity index (χ2v) is 5.56. The number of carbonyl (C=O) groups is 2. The van der Waals surface area contributed by atoms with Gasteiger partial charge in [-0.1, -0.05) is 15.9 Å². The summed E-state index contributed by atoms with van der Waals surface area (Å²) in [7, 11) is 0. The molecule has 1 aliphatic rings. The molecule has 0 aromatic carbocycles. The van der Waals surface area contributed by atoms with E-state index in [2.05, 4.69) is 21.2 Å². The molecule has 0 spiro atoms. The average molecular weight is 308 g/mol. The Morgan fingerprint density at radius 3 is 2.59 bits per heavy atom. The Morgan fingerprint density at radius 1 is 1.41 bits per heavy atom. The van der Waals surface area contributed by atoms with E-state index in [9.17, 15) is 9.59 Å². The molecule has 0 bridgehead atoms. The molecule has 1 rings (SSSR count). The maximum Gasteiger partial charge on any atom is 0.407 e. The Labute approximate surface area is 109 Å². The number of halogens is 1. The molecule has 1 N–H and O–H groups in total. The summed E-state index contributed by atoms with van der Waals surface area (Å²) in [6.45, 7) is 6.07. The van der Waals surface area contributed by atoms with Gasteiger partial charge in [0, 0.05) is 0 Å². The molecule has 1 amide bonds. The number of hydrogen-bond acceptors (Lipinski definition) is 4. The molecule has 17 heavy (non-hydrogen) atoms. The summed E-state index contributed by atoms with van der Waals surface area (Å²) < 4.78 is 10.3. The molecule has 1 aliphatic heterocycles. The lowest BCUT2D eigenvalue weighted by Gasteiger charge is -2.23. The van der Waals surface area contributed by atoms with Gasteiger partial charge in [0.15, 0.2) is 5.78 Å². The third-order valence-corrected chi connectivity index (χ3v) is 2.88. The predicted octanol–water partition coefficient (Wildman–Crippen LogP) is 1.49. The molecule has 2 atom stereocenters. The second-order valence-electron chi connectivity index (χ2n) is 5.00. The molecule has 1 saturated heterocycles. The number of alkyl carbamates (subject to hydrolysis) is 1. The van der Waals surface area contributed by atoms with Gasteiger partial charge >= 0.3 is 6.09 Å². The van der Waals surface area contributed by atoms with Gasteiger partial charge in [-0.3, -0.25) is 4.79 Å². The van der Waals surface area contributed by atoms with Crippen LogP contribution in [0.4, 0.5) is 4.79 Å². The minimum Gasteiger partial charge on any atom is -0.444 e. The van der Waals surface area contributed by atoms with E-state index in [1.807, 2.05) is 0 Å². The molecule has 1 fully saturated rings. The lowest BCUT2D eigenvalue weighted by atomic mass is 10.00. The molecular formula is C11H18BrNO4. The fraction of sp³-hybridized carbons (Fsp3) is 0.818. The maximum absolute atomic E-state index is 11.6. The van der Waals surface area contributed by atoms with Gasteiger partial charge in [0.1, 0.15) is 5.60 Å². The van der Waals surface area contributed by atoms with Crippen molar-refractivity contribution in [2.45, 2.75) is 32.4 Å². The number of amides is 1. The lowest BCUT2D eigenvalue weighted by molar-refractivity contribution is -0.120. The maximum atomic E-state index is 11.6. The van der Waals surface area contributed by atoms with Crippen LogP contribution in [0.2, 0.25) is 0 Å². The van der Waals surface area contributed by atoms with E-state index in [1.165, 1.54) is 0 Å². The molecule has 98 valence electrons. The van der Waals surface area contributed by atoms with Crippen molar-refractivity contribution in [2.24, 2.45) is 5.92 Å². The topological polar surface area (TPSA) is 64.6 Å². The highest BCUT2D eigenvalue weighted by molar-refractivity contribution is 9.09. The normalized spacial score (nSPS) is 24.5. The van der Waals surface area contributed by atoms with Crippen molar-refractivity contribution in [1.29, 1.82) is 0 Å². The number of Topliss-reactive ketones (excluding diaryl/α,β-unsaturated/α-hetero) is 1. The van der Waals surface area contributed by atoms with Crippen molar-refractivity contribution < 1.29 is 19.1 Å². The molecule has 1 heterocycles. The van der Waals surface area contributed by atoms with E-state index >= 15 is 0 Å². The van der Waals surface area contributed by atoms with Crippen LogP contribution in [0.25, 0.3) is 0 Å². The summed E-state index contributed by atoms with van der Waals surface area (Å²) in [4.78, 5) is 23.1. The van der Waals surface area contributed by atoms with Crippen LogP contribution >= 0.6 is 15.9 Å². The number of alkyl halides is 1. The third-order valence-electron chi connectivity index (χ3n) is 2.33. The smallest absolute Gasteiger partial charge is 0.407 e. The molecule has 0 radical (unpaired) electrons. The Bertz CT molecular complexity index is 300. The van der Waals surface area contributed by atoms with E-state index in [1.54, 1.807) is 20.8 Å². The molecule has 0 saturated carbocycles. The van der Waals surface area contributed by atoms with Gasteiger partial charge in [0.2, 0.25) is 0 Å². The summed E-state index contributed by atoms with van der Waals surface area (Å²) >= 11 is 3.12. The van der Waals surface area contributed by atoms with E-state index in [0.717, 1.165) is 0 Å². The van der Waals surface area contributed by atoms with Crippen LogP contribution in [0.5, 0.6) is 0 Å². The molecule has 0 aromatic heterocycles. The first-order valence-corrected chi connectivity index (χ1v) is 6.61. The molecule has 6 heteroatoms. The van der Waals surface area contributed by atoms with Crippen molar-refractivity contribution >= 4 is 27.8 Å². The number of ether oxygens (including phenoxy) is 2. The van der Waals surface area contributed by atoms with E-state index < -0.39 is 11.7 Å². The number of rotatable bonds is 3. The van der Waals surface area contributed by atoms with Crippen LogP contribution in [-0.2, 0) is 14.3 Å². The lowest BCUT2D eigenvalue weighted by Crippen LogP contribution is -2.45. The Morgan fingerprint density at radius 2 is 2.06 bits per heavy atom. The van der Waals surface area contributed by atoms with Crippen molar-refractivity contribution in [2.75, 3.05) is 18.5 Å². The van der Waals surface area contributed by atoms with Gasteiger partial charge in [-0.25, -0.2) is 4.79 Å². The fourth-order valence-electron chi connectivity index (χ4n) is 1.57. The van der Waals surface area contributed by atoms with Crippen LogP contribution < -0.4 is 5.32 Å². The monoisotopic (exact) mass is 307 g/mol. The van der Waals surface area contributed by atoms with Gasteiger partial charge in [-0.15, -0.1) is 0 Å². The summed E-state index contributed by atoms with van der Waals surface area (Å²) in [6.07, 6.45) is -0.514. The van der Waals surface area contributed by atoms with Crippen molar-refractivity contribution in [3.8, 4) is 0 Å². The second kappa shape index (κ2) is 5.82. The van der Waals surface area contributed by atoms with E-state index in [4.69, 9.17) is 9.47 Å². The highest BCUT2D eigenvalue weighted by atomic mass is 79.9. The zero-order valence-electron chi connectivity index (χ0n) is 10.3. The van der Waals surface area contributed by atoms with Crippen molar-refractivity contribution in [3.05, 3.63) is 0 Å². The minimum atomic E-state index is -0.543. The van der Waals surface area contributed by atoms with Crippen molar-refractivity contribution in [3.63, 3.8) is 0 Å². The SMILES string of the molecule is CC(C)(C)OC(=O)NC1COCC1C(=O)CBr. The number of hydrogen-bond donors (Lipinski definition) is 1. The van der Waals surface area contributed by atoms with Gasteiger partial charge in [-0.05, 0) is 20.8 Å². The van der Waals surface area contributed by atoms with Crippen molar-refractivity contribution in [1.82, 2.24) is 5.32 Å².